The topological polar surface area (TPSA) is 25.8 Å². The van der Waals surface area contributed by atoms with Crippen molar-refractivity contribution in [3.05, 3.63) is 17.0 Å². The van der Waals surface area contributed by atoms with Gasteiger partial charge in [0, 0.05) is 11.3 Å². The van der Waals surface area contributed by atoms with Crippen LogP contribution in [0.1, 0.15) is 29.8 Å². The van der Waals surface area contributed by atoms with E-state index in [-0.39, 0.29) is 17.1 Å². The monoisotopic (exact) mass is 298 g/mol. The van der Waals surface area contributed by atoms with E-state index in [4.69, 9.17) is 0 Å². The molecule has 0 unspecified atom stereocenters. The fourth-order valence-corrected chi connectivity index (χ4v) is 2.44. The predicted octanol–water partition coefficient (Wildman–Crippen LogP) is 3.73. The van der Waals surface area contributed by atoms with Gasteiger partial charge in [-0.25, -0.2) is 9.97 Å². The van der Waals surface area contributed by atoms with Gasteiger partial charge in [0.2, 0.25) is 0 Å². The highest BCUT2D eigenvalue weighted by Crippen LogP contribution is 2.45. The number of nitrogens with zero attached hydrogens (tertiary/aromatic N) is 2. The molecule has 0 N–H and O–H groups in total. The molecule has 106 valence electrons. The average Bonchev–Trinajstić information content (AvgIpc) is 2.36. The first-order valence-corrected chi connectivity index (χ1v) is 6.88. The highest BCUT2D eigenvalue weighted by atomic mass is 32.2. The van der Waals surface area contributed by atoms with Gasteiger partial charge in [-0.15, -0.1) is 0 Å². The standard InChI is InChI=1S/C11H11F5N2S/c1-19-9-17-7-5-3-2-4-6(7)8(18-9)10(12,13)11(14,15)16/h2-5H2,1H3. The molecule has 2 rings (SSSR count). The average molecular weight is 298 g/mol. The van der Waals surface area contributed by atoms with Crippen LogP contribution < -0.4 is 0 Å². The Balaban J connectivity index is 2.61. The van der Waals surface area contributed by atoms with Crippen molar-refractivity contribution in [2.24, 2.45) is 0 Å². The van der Waals surface area contributed by atoms with Crippen LogP contribution in [0.5, 0.6) is 0 Å². The first-order chi connectivity index (χ1) is 8.77. The first kappa shape index (κ1) is 14.5. The summed E-state index contributed by atoms with van der Waals surface area (Å²) in [6.07, 6.45) is -2.18. The Morgan fingerprint density at radius 2 is 1.63 bits per heavy atom. The highest BCUT2D eigenvalue weighted by molar-refractivity contribution is 7.98. The van der Waals surface area contributed by atoms with E-state index < -0.39 is 17.8 Å². The number of halogens is 5. The number of aromatic nitrogens is 2. The van der Waals surface area contributed by atoms with Gasteiger partial charge < -0.3 is 0 Å². The second-order valence-electron chi connectivity index (χ2n) is 4.26. The lowest BCUT2D eigenvalue weighted by molar-refractivity contribution is -0.291. The van der Waals surface area contributed by atoms with Crippen LogP contribution >= 0.6 is 11.8 Å². The molecule has 0 atom stereocenters. The summed E-state index contributed by atoms with van der Waals surface area (Å²) in [5, 5.41) is -0.0421. The van der Waals surface area contributed by atoms with Crippen LogP contribution in [-0.2, 0) is 18.8 Å². The van der Waals surface area contributed by atoms with Crippen molar-refractivity contribution in [1.82, 2.24) is 9.97 Å². The van der Waals surface area contributed by atoms with Crippen LogP contribution in [0.3, 0.4) is 0 Å². The van der Waals surface area contributed by atoms with Gasteiger partial charge in [0.15, 0.2) is 5.16 Å². The van der Waals surface area contributed by atoms with Gasteiger partial charge in [-0.2, -0.15) is 22.0 Å². The molecule has 0 spiro atoms. The number of alkyl halides is 5. The number of hydrogen-bond acceptors (Lipinski definition) is 3. The number of fused-ring (bicyclic) bond motifs is 1. The van der Waals surface area contributed by atoms with E-state index in [0.717, 1.165) is 18.2 Å². The molecule has 0 aromatic carbocycles. The third kappa shape index (κ3) is 2.54. The Bertz CT molecular complexity index is 487. The van der Waals surface area contributed by atoms with Gasteiger partial charge >= 0.3 is 12.1 Å². The molecular formula is C11H11F5N2S. The van der Waals surface area contributed by atoms with Crippen molar-refractivity contribution >= 4 is 11.8 Å². The van der Waals surface area contributed by atoms with Crippen LogP contribution in [-0.4, -0.2) is 22.4 Å². The third-order valence-corrected chi connectivity index (χ3v) is 3.55. The molecule has 1 heterocycles. The third-order valence-electron chi connectivity index (χ3n) is 3.00. The lowest BCUT2D eigenvalue weighted by Crippen LogP contribution is -2.36. The summed E-state index contributed by atoms with van der Waals surface area (Å²) in [5.74, 6) is -4.93. The van der Waals surface area contributed by atoms with Gasteiger partial charge in [-0.3, -0.25) is 0 Å². The zero-order valence-corrected chi connectivity index (χ0v) is 10.8. The van der Waals surface area contributed by atoms with Gasteiger partial charge in [0.1, 0.15) is 5.69 Å². The molecule has 1 aliphatic rings. The van der Waals surface area contributed by atoms with Crippen molar-refractivity contribution in [1.29, 1.82) is 0 Å². The molecule has 0 radical (unpaired) electrons. The maximum atomic E-state index is 13.5. The minimum atomic E-state index is -5.64. The predicted molar refractivity (Wildman–Crippen MR) is 60.4 cm³/mol. The number of aryl methyl sites for hydroxylation is 1. The molecule has 0 amide bonds. The molecule has 8 heteroatoms. The minimum Gasteiger partial charge on any atom is -0.227 e. The van der Waals surface area contributed by atoms with Crippen LogP contribution in [0.2, 0.25) is 0 Å². The quantitative estimate of drug-likeness (QED) is 0.472. The highest BCUT2D eigenvalue weighted by Gasteiger charge is 2.61. The smallest absolute Gasteiger partial charge is 0.227 e. The molecule has 0 bridgehead atoms. The molecule has 0 aliphatic heterocycles. The van der Waals surface area contributed by atoms with Gasteiger partial charge in [0.05, 0.1) is 0 Å². The van der Waals surface area contributed by atoms with E-state index in [2.05, 4.69) is 9.97 Å². The Morgan fingerprint density at radius 1 is 1.00 bits per heavy atom. The van der Waals surface area contributed by atoms with Gasteiger partial charge in [-0.05, 0) is 31.9 Å². The second kappa shape index (κ2) is 4.88. The molecule has 1 aliphatic carbocycles. The maximum Gasteiger partial charge on any atom is 0.459 e. The molecule has 1 aromatic rings. The van der Waals surface area contributed by atoms with E-state index in [1.165, 1.54) is 0 Å². The van der Waals surface area contributed by atoms with E-state index in [0.29, 0.717) is 18.5 Å². The van der Waals surface area contributed by atoms with Crippen molar-refractivity contribution in [3.8, 4) is 0 Å². The summed E-state index contributed by atoms with van der Waals surface area (Å²) >= 11 is 0.960. The van der Waals surface area contributed by atoms with Crippen molar-refractivity contribution in [2.75, 3.05) is 6.26 Å². The Labute approximate surface area is 110 Å². The molecule has 2 nitrogen and oxygen atoms in total. The van der Waals surface area contributed by atoms with E-state index in [1.54, 1.807) is 6.26 Å². The first-order valence-electron chi connectivity index (χ1n) is 5.66. The number of hydrogen-bond donors (Lipinski definition) is 0. The van der Waals surface area contributed by atoms with Crippen molar-refractivity contribution in [2.45, 2.75) is 42.9 Å². The summed E-state index contributed by atoms with van der Waals surface area (Å²) in [6.45, 7) is 0. The second-order valence-corrected chi connectivity index (χ2v) is 5.04. The van der Waals surface area contributed by atoms with Crippen molar-refractivity contribution < 1.29 is 22.0 Å². The van der Waals surface area contributed by atoms with E-state index in [9.17, 15) is 22.0 Å². The summed E-state index contributed by atoms with van der Waals surface area (Å²) in [4.78, 5) is 7.46. The van der Waals surface area contributed by atoms with Crippen LogP contribution in [0.4, 0.5) is 22.0 Å². The summed E-state index contributed by atoms with van der Waals surface area (Å²) in [7, 11) is 0. The summed E-state index contributed by atoms with van der Waals surface area (Å²) in [6, 6.07) is 0. The molecule has 0 saturated carbocycles. The fraction of sp³-hybridized carbons (Fsp3) is 0.636. The largest absolute Gasteiger partial charge is 0.459 e. The SMILES string of the molecule is CSc1nc2c(c(C(F)(F)C(F)(F)F)n1)CCCC2. The number of rotatable bonds is 2. The molecule has 19 heavy (non-hydrogen) atoms. The minimum absolute atomic E-state index is 0.0358. The molecule has 1 aromatic heterocycles. The summed E-state index contributed by atoms with van der Waals surface area (Å²) in [5.41, 5.74) is -0.884. The molecule has 0 fully saturated rings. The van der Waals surface area contributed by atoms with Crippen molar-refractivity contribution in [3.63, 3.8) is 0 Å². The van der Waals surface area contributed by atoms with Crippen LogP contribution in [0.25, 0.3) is 0 Å². The Kier molecular flexibility index (Phi) is 3.72. The lowest BCUT2D eigenvalue weighted by Gasteiger charge is -2.25. The van der Waals surface area contributed by atoms with Gasteiger partial charge in [0.25, 0.3) is 0 Å². The van der Waals surface area contributed by atoms with E-state index >= 15 is 0 Å². The Morgan fingerprint density at radius 3 is 2.21 bits per heavy atom. The zero-order valence-electron chi connectivity index (χ0n) is 10.0. The molecular weight excluding hydrogens is 287 g/mol. The summed E-state index contributed by atoms with van der Waals surface area (Å²) < 4.78 is 64.6. The van der Waals surface area contributed by atoms with Crippen LogP contribution in [0.15, 0.2) is 5.16 Å². The molecule has 0 saturated heterocycles. The lowest BCUT2D eigenvalue weighted by atomic mass is 9.92. The fourth-order valence-electron chi connectivity index (χ4n) is 2.06. The van der Waals surface area contributed by atoms with Gasteiger partial charge in [-0.1, -0.05) is 11.8 Å². The normalized spacial score (nSPS) is 16.3. The maximum absolute atomic E-state index is 13.5. The zero-order chi connectivity index (χ0) is 14.3. The Hall–Kier alpha value is -0.920. The number of thioether (sulfide) groups is 1. The van der Waals surface area contributed by atoms with E-state index in [1.807, 2.05) is 0 Å². The van der Waals surface area contributed by atoms with Crippen LogP contribution in [0, 0.1) is 0 Å².